The fraction of sp³-hybridized carbons (Fsp3) is 0.304. The van der Waals surface area contributed by atoms with E-state index in [9.17, 15) is 10.1 Å². The Morgan fingerprint density at radius 1 is 1.11 bits per heavy atom. The molecule has 0 aromatic heterocycles. The summed E-state index contributed by atoms with van der Waals surface area (Å²) in [5.41, 5.74) is 5.05. The molecule has 4 nitrogen and oxygen atoms in total. The van der Waals surface area contributed by atoms with Crippen LogP contribution in [0.3, 0.4) is 0 Å². The fourth-order valence-corrected chi connectivity index (χ4v) is 2.59. The van der Waals surface area contributed by atoms with Crippen LogP contribution in [0.5, 0.6) is 5.75 Å². The minimum Gasteiger partial charge on any atom is -0.489 e. The molecule has 2 aromatic carbocycles. The van der Waals surface area contributed by atoms with E-state index in [1.54, 1.807) is 19.9 Å². The summed E-state index contributed by atoms with van der Waals surface area (Å²) in [6.45, 7) is 9.92. The molecule has 27 heavy (non-hydrogen) atoms. The van der Waals surface area contributed by atoms with E-state index >= 15 is 0 Å². The molecule has 0 aliphatic carbocycles. The first-order valence-corrected chi connectivity index (χ1v) is 8.92. The lowest BCUT2D eigenvalue weighted by Gasteiger charge is -2.12. The second-order valence-corrected chi connectivity index (χ2v) is 6.86. The van der Waals surface area contributed by atoms with Gasteiger partial charge in [0.1, 0.15) is 24.0 Å². The van der Waals surface area contributed by atoms with Crippen LogP contribution < -0.4 is 4.74 Å². The minimum absolute atomic E-state index is 0.0129. The second kappa shape index (κ2) is 9.05. The van der Waals surface area contributed by atoms with Crippen molar-refractivity contribution in [1.82, 2.24) is 0 Å². The standard InChI is InChI=1S/C23H25NO3/c1-15(2)27-23(25)20(13-24)11-19-12-21(18(5)10-17(19)4)14-26-22-8-6-16(3)7-9-22/h6-12,15H,14H2,1-5H3. The lowest BCUT2D eigenvalue weighted by atomic mass is 9.98. The highest BCUT2D eigenvalue weighted by molar-refractivity contribution is 5.98. The van der Waals surface area contributed by atoms with E-state index in [2.05, 4.69) is 0 Å². The van der Waals surface area contributed by atoms with Gasteiger partial charge in [0.25, 0.3) is 0 Å². The van der Waals surface area contributed by atoms with Gasteiger partial charge in [0.2, 0.25) is 0 Å². The van der Waals surface area contributed by atoms with E-state index in [1.807, 2.05) is 63.2 Å². The van der Waals surface area contributed by atoms with Crippen LogP contribution >= 0.6 is 0 Å². The fourth-order valence-electron chi connectivity index (χ4n) is 2.59. The quantitative estimate of drug-likeness (QED) is 0.409. The zero-order valence-corrected chi connectivity index (χ0v) is 16.5. The molecule has 0 N–H and O–H groups in total. The largest absolute Gasteiger partial charge is 0.489 e. The number of ether oxygens (including phenoxy) is 2. The maximum atomic E-state index is 12.1. The third kappa shape index (κ3) is 5.72. The first kappa shape index (κ1) is 20.3. The zero-order valence-electron chi connectivity index (χ0n) is 16.5. The number of esters is 1. The summed E-state index contributed by atoms with van der Waals surface area (Å²) in [5.74, 6) is 0.195. The average Bonchev–Trinajstić information content (AvgIpc) is 2.61. The van der Waals surface area contributed by atoms with Crippen LogP contribution in [-0.2, 0) is 16.1 Å². The highest BCUT2D eigenvalue weighted by Gasteiger charge is 2.14. The van der Waals surface area contributed by atoms with Crippen LogP contribution in [0.4, 0.5) is 0 Å². The van der Waals surface area contributed by atoms with Crippen molar-refractivity contribution >= 4 is 12.0 Å². The van der Waals surface area contributed by atoms with Gasteiger partial charge in [-0.05, 0) is 81.1 Å². The molecule has 4 heteroatoms. The molecular formula is C23H25NO3. The Hall–Kier alpha value is -3.06. The van der Waals surface area contributed by atoms with Gasteiger partial charge >= 0.3 is 5.97 Å². The summed E-state index contributed by atoms with van der Waals surface area (Å²) in [6.07, 6.45) is 1.31. The van der Waals surface area contributed by atoms with Crippen LogP contribution in [0.1, 0.15) is 41.7 Å². The minimum atomic E-state index is -0.607. The highest BCUT2D eigenvalue weighted by Crippen LogP contribution is 2.21. The topological polar surface area (TPSA) is 59.3 Å². The predicted molar refractivity (Wildman–Crippen MR) is 106 cm³/mol. The first-order chi connectivity index (χ1) is 12.8. The SMILES string of the molecule is Cc1ccc(OCc2cc(C=C(C#N)C(=O)OC(C)C)c(C)cc2C)cc1. The van der Waals surface area contributed by atoms with Gasteiger partial charge in [0, 0.05) is 0 Å². The van der Waals surface area contributed by atoms with E-state index in [4.69, 9.17) is 9.47 Å². The summed E-state index contributed by atoms with van der Waals surface area (Å²) in [7, 11) is 0. The van der Waals surface area contributed by atoms with Crippen molar-refractivity contribution in [3.8, 4) is 11.8 Å². The van der Waals surface area contributed by atoms with Crippen LogP contribution in [0.15, 0.2) is 42.0 Å². The van der Waals surface area contributed by atoms with Crippen molar-refractivity contribution in [2.75, 3.05) is 0 Å². The maximum absolute atomic E-state index is 12.1. The molecular weight excluding hydrogens is 338 g/mol. The van der Waals surface area contributed by atoms with Crippen molar-refractivity contribution in [2.24, 2.45) is 0 Å². The predicted octanol–water partition coefficient (Wildman–Crippen LogP) is 5.05. The lowest BCUT2D eigenvalue weighted by Crippen LogP contribution is -2.12. The summed E-state index contributed by atoms with van der Waals surface area (Å²) < 4.78 is 11.0. The molecule has 0 saturated carbocycles. The molecule has 0 fully saturated rings. The number of benzene rings is 2. The van der Waals surface area contributed by atoms with Crippen molar-refractivity contribution in [1.29, 1.82) is 5.26 Å². The molecule has 0 saturated heterocycles. The molecule has 0 spiro atoms. The number of carbonyl (C=O) groups is 1. The van der Waals surface area contributed by atoms with Crippen molar-refractivity contribution in [3.05, 3.63) is 69.8 Å². The van der Waals surface area contributed by atoms with Crippen molar-refractivity contribution in [3.63, 3.8) is 0 Å². The Kier molecular flexibility index (Phi) is 6.79. The van der Waals surface area contributed by atoms with Crippen LogP contribution in [0.25, 0.3) is 6.08 Å². The van der Waals surface area contributed by atoms with E-state index in [0.29, 0.717) is 6.61 Å². The summed E-state index contributed by atoms with van der Waals surface area (Å²) in [5, 5.41) is 9.32. The number of rotatable bonds is 6. The smallest absolute Gasteiger partial charge is 0.349 e. The third-order valence-corrected chi connectivity index (χ3v) is 4.12. The van der Waals surface area contributed by atoms with E-state index in [1.165, 1.54) is 5.56 Å². The van der Waals surface area contributed by atoms with Gasteiger partial charge in [-0.3, -0.25) is 0 Å². The molecule has 0 radical (unpaired) electrons. The van der Waals surface area contributed by atoms with Gasteiger partial charge in [-0.2, -0.15) is 5.26 Å². The van der Waals surface area contributed by atoms with Gasteiger partial charge in [-0.1, -0.05) is 23.8 Å². The molecule has 0 atom stereocenters. The first-order valence-electron chi connectivity index (χ1n) is 8.92. The zero-order chi connectivity index (χ0) is 20.0. The maximum Gasteiger partial charge on any atom is 0.349 e. The van der Waals surface area contributed by atoms with Gasteiger partial charge in [0.05, 0.1) is 6.10 Å². The molecule has 0 bridgehead atoms. The Bertz CT molecular complexity index is 887. The lowest BCUT2D eigenvalue weighted by molar-refractivity contribution is -0.142. The van der Waals surface area contributed by atoms with Gasteiger partial charge in [-0.15, -0.1) is 0 Å². The van der Waals surface area contributed by atoms with Crippen molar-refractivity contribution < 1.29 is 14.3 Å². The Labute approximate surface area is 161 Å². The molecule has 0 amide bonds. The summed E-state index contributed by atoms with van der Waals surface area (Å²) >= 11 is 0. The van der Waals surface area contributed by atoms with Crippen molar-refractivity contribution in [2.45, 2.75) is 47.3 Å². The van der Waals surface area contributed by atoms with E-state index in [-0.39, 0.29) is 11.7 Å². The van der Waals surface area contributed by atoms with Crippen LogP contribution in [0, 0.1) is 32.1 Å². The van der Waals surface area contributed by atoms with Gasteiger partial charge in [-0.25, -0.2) is 4.79 Å². The molecule has 0 heterocycles. The monoisotopic (exact) mass is 363 g/mol. The summed E-state index contributed by atoms with van der Waals surface area (Å²) in [4.78, 5) is 12.1. The Balaban J connectivity index is 2.26. The molecule has 0 aliphatic heterocycles. The highest BCUT2D eigenvalue weighted by atomic mass is 16.5. The number of hydrogen-bond donors (Lipinski definition) is 0. The molecule has 2 aromatic rings. The number of aryl methyl sites for hydroxylation is 3. The third-order valence-electron chi connectivity index (χ3n) is 4.12. The number of carbonyl (C=O) groups excluding carboxylic acids is 1. The van der Waals surface area contributed by atoms with Crippen LogP contribution in [-0.4, -0.2) is 12.1 Å². The normalized spacial score (nSPS) is 11.2. The average molecular weight is 363 g/mol. The molecule has 0 unspecified atom stereocenters. The van der Waals surface area contributed by atoms with Gasteiger partial charge in [0.15, 0.2) is 0 Å². The Morgan fingerprint density at radius 2 is 1.78 bits per heavy atom. The van der Waals surface area contributed by atoms with Crippen LogP contribution in [0.2, 0.25) is 0 Å². The molecule has 140 valence electrons. The number of hydrogen-bond acceptors (Lipinski definition) is 4. The van der Waals surface area contributed by atoms with E-state index in [0.717, 1.165) is 28.0 Å². The molecule has 2 rings (SSSR count). The Morgan fingerprint density at radius 3 is 2.37 bits per heavy atom. The second-order valence-electron chi connectivity index (χ2n) is 6.86. The number of nitrogens with zero attached hydrogens (tertiary/aromatic N) is 1. The molecule has 0 aliphatic rings. The van der Waals surface area contributed by atoms with E-state index < -0.39 is 5.97 Å². The summed E-state index contributed by atoms with van der Waals surface area (Å²) in [6, 6.07) is 13.8. The van der Waals surface area contributed by atoms with Gasteiger partial charge < -0.3 is 9.47 Å². The number of nitriles is 1.